The molecule has 4 atom stereocenters. The number of rotatable bonds is 15. The number of anilines is 1. The van der Waals surface area contributed by atoms with Crippen molar-refractivity contribution in [2.75, 3.05) is 30.7 Å². The van der Waals surface area contributed by atoms with Gasteiger partial charge >= 0.3 is 5.51 Å². The molecule has 4 aromatic carbocycles. The van der Waals surface area contributed by atoms with Crippen LogP contribution in [0.15, 0.2) is 106 Å². The maximum absolute atomic E-state index is 16.1. The Morgan fingerprint density at radius 1 is 0.877 bits per heavy atom. The molecule has 4 fully saturated rings. The van der Waals surface area contributed by atoms with E-state index in [9.17, 15) is 54.0 Å². The summed E-state index contributed by atoms with van der Waals surface area (Å²) >= 11 is 1.37. The standard InChI is InChI=1S/C43H40F4N6O9S3/c44-38-26(11-13-32-37(38)42(58)53(41(32)57)34-15-16-36(54)49-40(34)56)21-52-28-19-29(52)23-51(22-28)18-17-27(24-63-30-9-5-2-6-10-30)48-33-14-12-31(20-35(33)64(59,60)43(45,46)47)65(61,62)50-39(55)25-7-3-1-4-8-25/h1-14,20,27-29,34,48H,15-19,21-24H2,(H,50,55)(H,49,54,56)/t27-,28?,29?,34?/m1/s1. The molecule has 22 heteroatoms. The van der Waals surface area contributed by atoms with E-state index in [1.54, 1.807) is 10.8 Å². The van der Waals surface area contributed by atoms with Crippen molar-refractivity contribution in [3.8, 4) is 0 Å². The number of imide groups is 2. The molecule has 65 heavy (non-hydrogen) atoms. The second-order valence-corrected chi connectivity index (χ2v) is 20.7. The summed E-state index contributed by atoms with van der Waals surface area (Å²) in [5, 5.41) is 5.07. The number of benzene rings is 4. The maximum Gasteiger partial charge on any atom is 0.501 e. The first kappa shape index (κ1) is 45.9. The van der Waals surface area contributed by atoms with E-state index < -0.39 is 93.8 Å². The lowest BCUT2D eigenvalue weighted by Gasteiger charge is -2.56. The molecule has 4 saturated heterocycles. The molecule has 5 aliphatic rings. The van der Waals surface area contributed by atoms with Gasteiger partial charge in [0.15, 0.2) is 0 Å². The summed E-state index contributed by atoms with van der Waals surface area (Å²) in [4.78, 5) is 66.9. The smallest absolute Gasteiger partial charge is 0.380 e. The topological polar surface area (TPSA) is 199 Å². The molecule has 0 aliphatic carbocycles. The van der Waals surface area contributed by atoms with Crippen molar-refractivity contribution in [3.05, 3.63) is 119 Å². The molecule has 0 aromatic heterocycles. The Labute approximate surface area is 374 Å². The van der Waals surface area contributed by atoms with Crippen LogP contribution in [0.2, 0.25) is 0 Å². The monoisotopic (exact) mass is 956 g/mol. The predicted molar refractivity (Wildman–Crippen MR) is 227 cm³/mol. The van der Waals surface area contributed by atoms with Gasteiger partial charge in [0.25, 0.3) is 37.6 Å². The number of nitrogens with zero attached hydrogens (tertiary/aromatic N) is 3. The molecule has 0 saturated carbocycles. The van der Waals surface area contributed by atoms with E-state index in [0.717, 1.165) is 23.4 Å². The Balaban J connectivity index is 0.966. The molecule has 15 nitrogen and oxygen atoms in total. The Morgan fingerprint density at radius 3 is 2.22 bits per heavy atom. The van der Waals surface area contributed by atoms with E-state index in [0.29, 0.717) is 37.0 Å². The summed E-state index contributed by atoms with van der Waals surface area (Å²) in [6.07, 6.45) is 0.941. The molecule has 4 aromatic rings. The van der Waals surface area contributed by atoms with Gasteiger partial charge in [-0.25, -0.2) is 25.9 Å². The van der Waals surface area contributed by atoms with E-state index in [2.05, 4.69) is 20.4 Å². The largest absolute Gasteiger partial charge is 0.501 e. The number of halogens is 4. The number of thioether (sulfide) groups is 1. The first-order valence-electron chi connectivity index (χ1n) is 20.4. The minimum absolute atomic E-state index is 0.0378. The van der Waals surface area contributed by atoms with E-state index in [1.165, 1.54) is 48.2 Å². The average molecular weight is 957 g/mol. The highest BCUT2D eigenvalue weighted by molar-refractivity contribution is 7.99. The minimum atomic E-state index is -6.13. The number of piperidine rings is 2. The van der Waals surface area contributed by atoms with Crippen molar-refractivity contribution >= 4 is 66.8 Å². The van der Waals surface area contributed by atoms with Crippen LogP contribution in [0, 0.1) is 5.82 Å². The molecule has 9 rings (SSSR count). The Kier molecular flexibility index (Phi) is 12.7. The average Bonchev–Trinajstić information content (AvgIpc) is 3.53. The predicted octanol–water partition coefficient (Wildman–Crippen LogP) is 4.56. The van der Waals surface area contributed by atoms with Crippen LogP contribution in [-0.2, 0) is 36.0 Å². The lowest BCUT2D eigenvalue weighted by atomic mass is 9.86. The number of sulfonamides is 1. The fraction of sp³-hybridized carbons (Fsp3) is 0.326. The van der Waals surface area contributed by atoms with E-state index >= 15 is 4.39 Å². The minimum Gasteiger partial charge on any atom is -0.380 e. The van der Waals surface area contributed by atoms with Gasteiger partial charge in [-0.3, -0.25) is 39.1 Å². The van der Waals surface area contributed by atoms with Crippen molar-refractivity contribution in [2.45, 2.75) is 76.6 Å². The molecule has 0 radical (unpaired) electrons. The molecule has 5 heterocycles. The lowest BCUT2D eigenvalue weighted by Crippen LogP contribution is -2.68. The number of piperazine rings is 1. The van der Waals surface area contributed by atoms with E-state index in [4.69, 9.17) is 0 Å². The van der Waals surface area contributed by atoms with Crippen LogP contribution in [-0.4, -0.2) is 116 Å². The van der Waals surface area contributed by atoms with Crippen molar-refractivity contribution in [3.63, 3.8) is 0 Å². The van der Waals surface area contributed by atoms with Crippen LogP contribution in [0.3, 0.4) is 0 Å². The van der Waals surface area contributed by atoms with Crippen molar-refractivity contribution in [1.29, 1.82) is 0 Å². The Morgan fingerprint density at radius 2 is 1.55 bits per heavy atom. The zero-order valence-electron chi connectivity index (χ0n) is 34.1. The highest BCUT2D eigenvalue weighted by Gasteiger charge is 2.50. The number of carbonyl (C=O) groups is 5. The molecule has 3 N–H and O–H groups in total. The van der Waals surface area contributed by atoms with Crippen LogP contribution in [0.1, 0.15) is 62.3 Å². The van der Waals surface area contributed by atoms with Crippen molar-refractivity contribution in [2.24, 2.45) is 0 Å². The van der Waals surface area contributed by atoms with Crippen LogP contribution in [0.4, 0.5) is 23.2 Å². The highest BCUT2D eigenvalue weighted by atomic mass is 32.2. The van der Waals surface area contributed by atoms with Gasteiger partial charge in [0.05, 0.1) is 21.7 Å². The zero-order chi connectivity index (χ0) is 46.4. The summed E-state index contributed by atoms with van der Waals surface area (Å²) in [5.41, 5.74) is -6.75. The molecule has 0 spiro atoms. The van der Waals surface area contributed by atoms with Gasteiger partial charge in [0.1, 0.15) is 16.8 Å². The lowest BCUT2D eigenvalue weighted by molar-refractivity contribution is -0.136. The molecule has 5 aliphatic heterocycles. The van der Waals surface area contributed by atoms with E-state index in [-0.39, 0.29) is 53.9 Å². The van der Waals surface area contributed by atoms with E-state index in [1.807, 2.05) is 30.3 Å². The third-order valence-electron chi connectivity index (χ3n) is 11.9. The number of fused-ring (bicyclic) bond motifs is 3. The number of nitrogens with one attached hydrogen (secondary N) is 3. The second kappa shape index (κ2) is 17.9. The number of hydrogen-bond acceptors (Lipinski definition) is 13. The third kappa shape index (κ3) is 9.26. The number of carbonyl (C=O) groups excluding carboxylic acids is 5. The summed E-state index contributed by atoms with van der Waals surface area (Å²) < 4.78 is 113. The van der Waals surface area contributed by atoms with Crippen molar-refractivity contribution in [1.82, 2.24) is 24.7 Å². The third-order valence-corrected chi connectivity index (χ3v) is 15.9. The number of sulfone groups is 1. The van der Waals surface area contributed by atoms with Gasteiger partial charge in [-0.05, 0) is 67.8 Å². The molecule has 5 amide bonds. The van der Waals surface area contributed by atoms with Crippen LogP contribution < -0.4 is 15.4 Å². The van der Waals surface area contributed by atoms with Crippen LogP contribution in [0.5, 0.6) is 0 Å². The second-order valence-electron chi connectivity index (χ2n) is 16.0. The van der Waals surface area contributed by atoms with Crippen LogP contribution >= 0.6 is 11.8 Å². The summed E-state index contributed by atoms with van der Waals surface area (Å²) in [7, 11) is -11.0. The zero-order valence-corrected chi connectivity index (χ0v) is 36.5. The summed E-state index contributed by atoms with van der Waals surface area (Å²) in [5.74, 6) is -4.78. The quantitative estimate of drug-likeness (QED) is 0.0853. The number of amides is 5. The van der Waals surface area contributed by atoms with Gasteiger partial charge in [-0.2, -0.15) is 13.2 Å². The summed E-state index contributed by atoms with van der Waals surface area (Å²) in [6.45, 7) is 1.58. The number of alkyl halides is 3. The van der Waals surface area contributed by atoms with Gasteiger partial charge < -0.3 is 10.2 Å². The first-order chi connectivity index (χ1) is 30.8. The first-order valence-corrected chi connectivity index (χ1v) is 24.3. The van der Waals surface area contributed by atoms with Crippen LogP contribution in [0.25, 0.3) is 0 Å². The molecule has 342 valence electrons. The normalized spacial score (nSPS) is 20.8. The molecular weight excluding hydrogens is 917 g/mol. The van der Waals surface area contributed by atoms with Crippen molar-refractivity contribution < 1.29 is 58.4 Å². The van der Waals surface area contributed by atoms with Gasteiger partial charge in [-0.15, -0.1) is 11.8 Å². The number of hydrogen-bond donors (Lipinski definition) is 3. The fourth-order valence-electron chi connectivity index (χ4n) is 8.53. The fourth-order valence-corrected chi connectivity index (χ4v) is 11.5. The molecule has 3 unspecified atom stereocenters. The van der Waals surface area contributed by atoms with Gasteiger partial charge in [0, 0.05) is 72.5 Å². The van der Waals surface area contributed by atoms with Gasteiger partial charge in [0.2, 0.25) is 11.8 Å². The Hall–Kier alpha value is -5.68. The molecular formula is C43H40F4N6O9S3. The SMILES string of the molecule is O=C1CCC(N2C(=O)c3ccc(CN4C5CC4CN(CC[C@H](CSc4ccccc4)Nc4ccc(S(=O)(=O)NC(=O)c6ccccc6)cc4S(=O)(=O)C(F)(F)F)C5)c(F)c3C2=O)C(=O)N1. The maximum atomic E-state index is 16.1. The molecule has 2 bridgehead atoms. The Bertz CT molecular complexity index is 2790. The highest BCUT2D eigenvalue weighted by Crippen LogP contribution is 2.39. The van der Waals surface area contributed by atoms with Gasteiger partial charge in [-0.1, -0.05) is 42.5 Å². The summed E-state index contributed by atoms with van der Waals surface area (Å²) in [6, 6.07) is 19.3.